The zero-order chi connectivity index (χ0) is 9.35. The van der Waals surface area contributed by atoms with Gasteiger partial charge < -0.3 is 5.11 Å². The molecule has 0 aliphatic carbocycles. The number of terminal acetylenes is 1. The summed E-state index contributed by atoms with van der Waals surface area (Å²) >= 11 is 0. The molecule has 0 amide bonds. The van der Waals surface area contributed by atoms with Crippen molar-refractivity contribution in [3.63, 3.8) is 0 Å². The topological polar surface area (TPSA) is 38.0 Å². The monoisotopic (exact) mass is 164 g/mol. The molecule has 0 aliphatic rings. The molecule has 0 aliphatic heterocycles. The lowest BCUT2D eigenvalue weighted by molar-refractivity contribution is 0.116. The number of aliphatic hydroxyl groups is 1. The van der Waals surface area contributed by atoms with E-state index in [0.29, 0.717) is 5.69 Å². The van der Waals surface area contributed by atoms with Crippen molar-refractivity contribution in [1.82, 2.24) is 9.78 Å². The van der Waals surface area contributed by atoms with Crippen LogP contribution in [0.3, 0.4) is 0 Å². The summed E-state index contributed by atoms with van der Waals surface area (Å²) in [6, 6.07) is 1.78. The summed E-state index contributed by atoms with van der Waals surface area (Å²) < 4.78 is 1.68. The van der Waals surface area contributed by atoms with Crippen LogP contribution in [0.2, 0.25) is 0 Å². The predicted molar refractivity (Wildman–Crippen MR) is 46.3 cm³/mol. The Balaban J connectivity index is 3.14. The van der Waals surface area contributed by atoms with Crippen molar-refractivity contribution in [2.24, 2.45) is 7.05 Å². The van der Waals surface area contributed by atoms with Crippen molar-refractivity contribution in [2.45, 2.75) is 19.4 Å². The Morgan fingerprint density at radius 3 is 2.67 bits per heavy atom. The molecule has 1 N–H and O–H groups in total. The minimum absolute atomic E-state index is 0.519. The molecular formula is C9H12N2O. The van der Waals surface area contributed by atoms with Crippen LogP contribution in [0.4, 0.5) is 0 Å². The third-order valence-electron chi connectivity index (χ3n) is 1.89. The maximum absolute atomic E-state index is 9.62. The van der Waals surface area contributed by atoms with Gasteiger partial charge in [0.15, 0.2) is 5.60 Å². The van der Waals surface area contributed by atoms with E-state index in [9.17, 15) is 5.11 Å². The second-order valence-electron chi connectivity index (χ2n) is 3.01. The summed E-state index contributed by atoms with van der Waals surface area (Å²) in [5.41, 5.74) is 0.233. The molecule has 0 bridgehead atoms. The third-order valence-corrected chi connectivity index (χ3v) is 1.89. The fourth-order valence-corrected chi connectivity index (χ4v) is 0.872. The molecule has 0 aromatic carbocycles. The average Bonchev–Trinajstić information content (AvgIpc) is 2.33. The van der Waals surface area contributed by atoms with Crippen molar-refractivity contribution in [2.75, 3.05) is 0 Å². The number of aromatic nitrogens is 2. The Labute approximate surface area is 72.0 Å². The standard InChI is InChI=1S/C9H12N2O/c1-5-9(3,12)8-6-7(2)11(4)10-8/h1,6,12H,2-4H3/t9-/m0/s1. The van der Waals surface area contributed by atoms with Gasteiger partial charge in [0.2, 0.25) is 0 Å². The van der Waals surface area contributed by atoms with Crippen molar-refractivity contribution in [1.29, 1.82) is 0 Å². The summed E-state index contributed by atoms with van der Waals surface area (Å²) in [7, 11) is 1.81. The van der Waals surface area contributed by atoms with Gasteiger partial charge in [-0.3, -0.25) is 4.68 Å². The van der Waals surface area contributed by atoms with Crippen LogP contribution in [-0.4, -0.2) is 14.9 Å². The lowest BCUT2D eigenvalue weighted by atomic mass is 10.0. The molecule has 3 heteroatoms. The summed E-state index contributed by atoms with van der Waals surface area (Å²) in [5, 5.41) is 13.7. The minimum atomic E-state index is -1.26. The van der Waals surface area contributed by atoms with E-state index in [-0.39, 0.29) is 0 Å². The Morgan fingerprint density at radius 1 is 1.75 bits per heavy atom. The molecule has 0 radical (unpaired) electrons. The molecule has 1 aromatic rings. The second-order valence-corrected chi connectivity index (χ2v) is 3.01. The summed E-state index contributed by atoms with van der Waals surface area (Å²) in [6.45, 7) is 3.46. The molecule has 12 heavy (non-hydrogen) atoms. The highest BCUT2D eigenvalue weighted by atomic mass is 16.3. The van der Waals surface area contributed by atoms with Crippen LogP contribution in [0.25, 0.3) is 0 Å². The number of rotatable bonds is 1. The van der Waals surface area contributed by atoms with Gasteiger partial charge in [0.05, 0.1) is 0 Å². The first-order valence-corrected chi connectivity index (χ1v) is 3.68. The van der Waals surface area contributed by atoms with Crippen LogP contribution < -0.4 is 0 Å². The fourth-order valence-electron chi connectivity index (χ4n) is 0.872. The first-order chi connectivity index (χ1) is 5.47. The molecule has 0 unspecified atom stereocenters. The molecule has 64 valence electrons. The van der Waals surface area contributed by atoms with Crippen LogP contribution in [0, 0.1) is 19.3 Å². The SMILES string of the molecule is C#C[C@](C)(O)c1cc(C)n(C)n1. The summed E-state index contributed by atoms with van der Waals surface area (Å²) in [4.78, 5) is 0. The summed E-state index contributed by atoms with van der Waals surface area (Å²) in [5.74, 6) is 2.28. The van der Waals surface area contributed by atoms with Crippen molar-refractivity contribution in [3.8, 4) is 12.3 Å². The van der Waals surface area contributed by atoms with Crippen molar-refractivity contribution >= 4 is 0 Å². The van der Waals surface area contributed by atoms with Gasteiger partial charge in [-0.05, 0) is 19.9 Å². The van der Waals surface area contributed by atoms with Gasteiger partial charge in [-0.15, -0.1) is 6.42 Å². The lowest BCUT2D eigenvalue weighted by Crippen LogP contribution is -2.19. The van der Waals surface area contributed by atoms with Crippen LogP contribution >= 0.6 is 0 Å². The first kappa shape index (κ1) is 8.82. The van der Waals surface area contributed by atoms with E-state index in [1.165, 1.54) is 0 Å². The molecule has 0 saturated heterocycles. The Hall–Kier alpha value is -1.27. The van der Waals surface area contributed by atoms with Crippen LogP contribution in [-0.2, 0) is 12.6 Å². The van der Waals surface area contributed by atoms with Gasteiger partial charge in [-0.2, -0.15) is 5.10 Å². The normalized spacial score (nSPS) is 15.2. The van der Waals surface area contributed by atoms with Crippen LogP contribution in [0.15, 0.2) is 6.07 Å². The molecule has 0 fully saturated rings. The first-order valence-electron chi connectivity index (χ1n) is 3.68. The van der Waals surface area contributed by atoms with Crippen LogP contribution in [0.1, 0.15) is 18.3 Å². The lowest BCUT2D eigenvalue weighted by Gasteiger charge is -2.11. The quantitative estimate of drug-likeness (QED) is 0.616. The summed E-state index contributed by atoms with van der Waals surface area (Å²) in [6.07, 6.45) is 5.15. The zero-order valence-electron chi connectivity index (χ0n) is 7.50. The smallest absolute Gasteiger partial charge is 0.166 e. The van der Waals surface area contributed by atoms with Gasteiger partial charge in [0.25, 0.3) is 0 Å². The van der Waals surface area contributed by atoms with Crippen LogP contribution in [0.5, 0.6) is 0 Å². The predicted octanol–water partition coefficient (Wildman–Crippen LogP) is 0.569. The average molecular weight is 164 g/mol. The third kappa shape index (κ3) is 1.34. The van der Waals surface area contributed by atoms with E-state index in [2.05, 4.69) is 11.0 Å². The number of hydrogen-bond donors (Lipinski definition) is 1. The van der Waals surface area contributed by atoms with E-state index in [4.69, 9.17) is 6.42 Å². The van der Waals surface area contributed by atoms with Gasteiger partial charge in [-0.1, -0.05) is 5.92 Å². The zero-order valence-corrected chi connectivity index (χ0v) is 7.50. The second kappa shape index (κ2) is 2.65. The molecule has 3 nitrogen and oxygen atoms in total. The molecule has 1 aromatic heterocycles. The molecular weight excluding hydrogens is 152 g/mol. The molecule has 1 atom stereocenters. The largest absolute Gasteiger partial charge is 0.372 e. The molecule has 1 rings (SSSR count). The number of hydrogen-bond acceptors (Lipinski definition) is 2. The highest BCUT2D eigenvalue weighted by Crippen LogP contribution is 2.17. The Bertz CT molecular complexity index is 311. The fraction of sp³-hybridized carbons (Fsp3) is 0.444. The van der Waals surface area contributed by atoms with Crippen molar-refractivity contribution < 1.29 is 5.11 Å². The molecule has 0 spiro atoms. The van der Waals surface area contributed by atoms with E-state index < -0.39 is 5.60 Å². The maximum atomic E-state index is 9.62. The maximum Gasteiger partial charge on any atom is 0.166 e. The Morgan fingerprint density at radius 2 is 2.33 bits per heavy atom. The molecule has 0 saturated carbocycles. The minimum Gasteiger partial charge on any atom is -0.372 e. The van der Waals surface area contributed by atoms with E-state index in [0.717, 1.165) is 5.69 Å². The Kier molecular flexibility index (Phi) is 1.95. The number of aryl methyl sites for hydroxylation is 2. The molecule has 1 heterocycles. The number of nitrogens with zero attached hydrogens (tertiary/aromatic N) is 2. The highest BCUT2D eigenvalue weighted by Gasteiger charge is 2.23. The van der Waals surface area contributed by atoms with E-state index >= 15 is 0 Å². The highest BCUT2D eigenvalue weighted by molar-refractivity contribution is 5.23. The van der Waals surface area contributed by atoms with Gasteiger partial charge in [-0.25, -0.2) is 0 Å². The van der Waals surface area contributed by atoms with Gasteiger partial charge in [0, 0.05) is 12.7 Å². The van der Waals surface area contributed by atoms with Gasteiger partial charge in [0.1, 0.15) is 5.69 Å². The van der Waals surface area contributed by atoms with Crippen molar-refractivity contribution in [3.05, 3.63) is 17.5 Å². The van der Waals surface area contributed by atoms with E-state index in [1.54, 1.807) is 17.7 Å². The van der Waals surface area contributed by atoms with Gasteiger partial charge >= 0.3 is 0 Å². The van der Waals surface area contributed by atoms with E-state index in [1.807, 2.05) is 14.0 Å².